The van der Waals surface area contributed by atoms with Crippen molar-refractivity contribution in [3.63, 3.8) is 0 Å². The summed E-state index contributed by atoms with van der Waals surface area (Å²) in [4.78, 5) is 11.7. The highest BCUT2D eigenvalue weighted by Crippen LogP contribution is 2.21. The Morgan fingerprint density at radius 2 is 2.04 bits per heavy atom. The number of nitrogens with zero attached hydrogens (tertiary/aromatic N) is 1. The van der Waals surface area contributed by atoms with E-state index in [1.54, 1.807) is 0 Å². The molecule has 2 rings (SSSR count). The fraction of sp³-hybridized carbons (Fsp3) is 0.125. The average Bonchev–Trinajstić information content (AvgIpc) is 2.51. The van der Waals surface area contributed by atoms with Gasteiger partial charge in [0, 0.05) is 21.9 Å². The number of phenolic OH excluding ortho intramolecular Hbond substituents is 2. The minimum absolute atomic E-state index is 0.0350. The van der Waals surface area contributed by atoms with Gasteiger partial charge in [0.2, 0.25) is 5.91 Å². The Bertz CT molecular complexity index is 722. The van der Waals surface area contributed by atoms with E-state index in [0.29, 0.717) is 5.56 Å². The van der Waals surface area contributed by atoms with E-state index in [2.05, 4.69) is 26.5 Å². The molecule has 3 N–H and O–H groups in total. The summed E-state index contributed by atoms with van der Waals surface area (Å²) in [6.07, 6.45) is 1.32. The van der Waals surface area contributed by atoms with Crippen LogP contribution in [0.3, 0.4) is 0 Å². The van der Waals surface area contributed by atoms with Crippen LogP contribution in [0.1, 0.15) is 11.1 Å². The largest absolute Gasteiger partial charge is 0.508 e. The van der Waals surface area contributed by atoms with Crippen molar-refractivity contribution in [3.8, 4) is 11.5 Å². The van der Waals surface area contributed by atoms with Gasteiger partial charge < -0.3 is 10.2 Å². The van der Waals surface area contributed by atoms with Crippen molar-refractivity contribution in [2.24, 2.45) is 5.10 Å². The van der Waals surface area contributed by atoms with Gasteiger partial charge in [-0.25, -0.2) is 5.43 Å². The standard InChI is InChI=1S/C16H15BrN2O3S/c17-14-4-2-1-3-12(14)9-23-10-16(22)19-18-8-11-5-6-13(20)7-15(11)21/h1-8,20-21H,9-10H2,(H,19,22)/b18-8-. The smallest absolute Gasteiger partial charge is 0.250 e. The number of nitrogens with one attached hydrogen (secondary N) is 1. The Labute approximate surface area is 146 Å². The second kappa shape index (κ2) is 8.59. The number of hydrogen-bond donors (Lipinski definition) is 3. The zero-order chi connectivity index (χ0) is 16.7. The van der Waals surface area contributed by atoms with Crippen LogP contribution >= 0.6 is 27.7 Å². The van der Waals surface area contributed by atoms with Crippen molar-refractivity contribution < 1.29 is 15.0 Å². The molecule has 1 amide bonds. The minimum atomic E-state index is -0.225. The van der Waals surface area contributed by atoms with Gasteiger partial charge in [0.05, 0.1) is 12.0 Å². The predicted molar refractivity (Wildman–Crippen MR) is 95.8 cm³/mol. The number of hydrazone groups is 1. The van der Waals surface area contributed by atoms with Gasteiger partial charge in [-0.15, -0.1) is 11.8 Å². The molecule has 0 fully saturated rings. The zero-order valence-corrected chi connectivity index (χ0v) is 14.5. The van der Waals surface area contributed by atoms with Gasteiger partial charge in [-0.3, -0.25) is 4.79 Å². The van der Waals surface area contributed by atoms with Gasteiger partial charge in [-0.1, -0.05) is 34.1 Å². The lowest BCUT2D eigenvalue weighted by Gasteiger charge is -2.04. The number of halogens is 1. The van der Waals surface area contributed by atoms with Crippen LogP contribution in [0.25, 0.3) is 0 Å². The average molecular weight is 395 g/mol. The van der Waals surface area contributed by atoms with E-state index in [9.17, 15) is 15.0 Å². The molecule has 0 atom stereocenters. The van der Waals surface area contributed by atoms with Crippen molar-refractivity contribution >= 4 is 39.8 Å². The molecule has 0 radical (unpaired) electrons. The molecular formula is C16H15BrN2O3S. The first-order valence-electron chi connectivity index (χ1n) is 6.71. The molecule has 0 saturated heterocycles. The molecule has 7 heteroatoms. The van der Waals surface area contributed by atoms with Crippen molar-refractivity contribution in [3.05, 3.63) is 58.1 Å². The van der Waals surface area contributed by atoms with Crippen LogP contribution in [0.4, 0.5) is 0 Å². The highest BCUT2D eigenvalue weighted by atomic mass is 79.9. The summed E-state index contributed by atoms with van der Waals surface area (Å²) in [5.74, 6) is 0.632. The third-order valence-electron chi connectivity index (χ3n) is 2.86. The fourth-order valence-corrected chi connectivity index (χ4v) is 3.15. The Hall–Kier alpha value is -1.99. The molecule has 0 saturated carbocycles. The van der Waals surface area contributed by atoms with Gasteiger partial charge in [-0.2, -0.15) is 5.10 Å². The quantitative estimate of drug-likeness (QED) is 0.518. The molecule has 0 aliphatic rings. The molecule has 0 aromatic heterocycles. The molecule has 5 nitrogen and oxygen atoms in total. The maximum Gasteiger partial charge on any atom is 0.250 e. The summed E-state index contributed by atoms with van der Waals surface area (Å²) in [7, 11) is 0. The molecule has 120 valence electrons. The number of amides is 1. The summed E-state index contributed by atoms with van der Waals surface area (Å²) in [6.45, 7) is 0. The molecule has 0 aliphatic heterocycles. The molecule has 0 heterocycles. The predicted octanol–water partition coefficient (Wildman–Crippen LogP) is 3.24. The lowest BCUT2D eigenvalue weighted by molar-refractivity contribution is -0.118. The first kappa shape index (κ1) is 17.4. The third-order valence-corrected chi connectivity index (χ3v) is 4.61. The van der Waals surface area contributed by atoms with E-state index in [0.717, 1.165) is 15.8 Å². The van der Waals surface area contributed by atoms with E-state index in [-0.39, 0.29) is 23.2 Å². The van der Waals surface area contributed by atoms with Gasteiger partial charge in [0.1, 0.15) is 11.5 Å². The summed E-state index contributed by atoms with van der Waals surface area (Å²) in [5, 5.41) is 22.5. The van der Waals surface area contributed by atoms with Crippen molar-refractivity contribution in [1.82, 2.24) is 5.43 Å². The first-order valence-corrected chi connectivity index (χ1v) is 8.66. The van der Waals surface area contributed by atoms with Gasteiger partial charge >= 0.3 is 0 Å². The summed E-state index contributed by atoms with van der Waals surface area (Å²) < 4.78 is 1.02. The second-order valence-electron chi connectivity index (χ2n) is 4.62. The number of aromatic hydroxyl groups is 2. The molecule has 23 heavy (non-hydrogen) atoms. The van der Waals surface area contributed by atoms with E-state index in [1.807, 2.05) is 24.3 Å². The van der Waals surface area contributed by atoms with E-state index in [4.69, 9.17) is 0 Å². The van der Waals surface area contributed by atoms with E-state index in [1.165, 1.54) is 36.2 Å². The highest BCUT2D eigenvalue weighted by Gasteiger charge is 2.03. The lowest BCUT2D eigenvalue weighted by Crippen LogP contribution is -2.19. The SMILES string of the molecule is O=C(CSCc1ccccc1Br)N/N=C\c1ccc(O)cc1O. The monoisotopic (exact) mass is 394 g/mol. The number of carbonyl (C=O) groups excluding carboxylic acids is 1. The van der Waals surface area contributed by atoms with Crippen LogP contribution in [0.5, 0.6) is 11.5 Å². The number of hydrogen-bond acceptors (Lipinski definition) is 5. The third kappa shape index (κ3) is 5.61. The Balaban J connectivity index is 1.77. The molecule has 0 bridgehead atoms. The minimum Gasteiger partial charge on any atom is -0.508 e. The molecule has 2 aromatic rings. The topological polar surface area (TPSA) is 81.9 Å². The molecule has 0 aliphatic carbocycles. The number of phenols is 2. The van der Waals surface area contributed by atoms with Crippen LogP contribution in [-0.4, -0.2) is 28.1 Å². The highest BCUT2D eigenvalue weighted by molar-refractivity contribution is 9.10. The Morgan fingerprint density at radius 1 is 1.26 bits per heavy atom. The second-order valence-corrected chi connectivity index (χ2v) is 6.46. The maximum absolute atomic E-state index is 11.7. The Kier molecular flexibility index (Phi) is 6.49. The number of benzene rings is 2. The maximum atomic E-state index is 11.7. The molecule has 2 aromatic carbocycles. The molecule has 0 spiro atoms. The van der Waals surface area contributed by atoms with Crippen LogP contribution in [0.15, 0.2) is 52.0 Å². The first-order chi connectivity index (χ1) is 11.1. The number of carbonyl (C=O) groups is 1. The Morgan fingerprint density at radius 3 is 2.78 bits per heavy atom. The normalized spacial score (nSPS) is 10.8. The van der Waals surface area contributed by atoms with Crippen LogP contribution in [0, 0.1) is 0 Å². The van der Waals surface area contributed by atoms with Crippen molar-refractivity contribution in [2.45, 2.75) is 5.75 Å². The van der Waals surface area contributed by atoms with E-state index < -0.39 is 0 Å². The lowest BCUT2D eigenvalue weighted by atomic mass is 10.2. The summed E-state index contributed by atoms with van der Waals surface area (Å²) >= 11 is 4.95. The molecular weight excluding hydrogens is 380 g/mol. The number of thioether (sulfide) groups is 1. The van der Waals surface area contributed by atoms with Crippen molar-refractivity contribution in [2.75, 3.05) is 5.75 Å². The fourth-order valence-electron chi connectivity index (χ4n) is 1.72. The van der Waals surface area contributed by atoms with Gasteiger partial charge in [0.25, 0.3) is 0 Å². The van der Waals surface area contributed by atoms with Crippen LogP contribution < -0.4 is 5.43 Å². The van der Waals surface area contributed by atoms with Crippen LogP contribution in [-0.2, 0) is 10.5 Å². The summed E-state index contributed by atoms with van der Waals surface area (Å²) in [6, 6.07) is 12.0. The van der Waals surface area contributed by atoms with Crippen molar-refractivity contribution in [1.29, 1.82) is 0 Å². The van der Waals surface area contributed by atoms with E-state index >= 15 is 0 Å². The van der Waals surface area contributed by atoms with Gasteiger partial charge in [0.15, 0.2) is 0 Å². The summed E-state index contributed by atoms with van der Waals surface area (Å²) in [5.41, 5.74) is 3.93. The van der Waals surface area contributed by atoms with Crippen LogP contribution in [0.2, 0.25) is 0 Å². The zero-order valence-electron chi connectivity index (χ0n) is 12.1. The number of rotatable bonds is 6. The van der Waals surface area contributed by atoms with Gasteiger partial charge in [-0.05, 0) is 23.8 Å². The molecule has 0 unspecified atom stereocenters.